The number of carbonyl (C=O) groups excluding carboxylic acids is 1. The van der Waals surface area contributed by atoms with Crippen LogP contribution in [0.2, 0.25) is 0 Å². The number of aromatic nitrogens is 1. The van der Waals surface area contributed by atoms with E-state index >= 15 is 0 Å². The number of benzene rings is 2. The zero-order valence-corrected chi connectivity index (χ0v) is 19.1. The molecule has 1 aliphatic heterocycles. The number of pyridine rings is 1. The second kappa shape index (κ2) is 9.26. The van der Waals surface area contributed by atoms with E-state index in [-0.39, 0.29) is 16.7 Å². The molecule has 0 bridgehead atoms. The molecule has 2 aromatic carbocycles. The van der Waals surface area contributed by atoms with E-state index in [2.05, 4.69) is 14.6 Å². The fraction of sp³-hybridized carbons (Fsp3) is 0.333. The lowest BCUT2D eigenvalue weighted by atomic mass is 10.0. The Bertz CT molecular complexity index is 1190. The van der Waals surface area contributed by atoms with Gasteiger partial charge in [0.05, 0.1) is 4.90 Å². The van der Waals surface area contributed by atoms with Crippen molar-refractivity contribution in [1.82, 2.24) is 14.6 Å². The minimum absolute atomic E-state index is 0.164. The van der Waals surface area contributed by atoms with Crippen LogP contribution in [0.4, 0.5) is 5.69 Å². The molecule has 0 radical (unpaired) electrons. The Kier molecular flexibility index (Phi) is 6.43. The zero-order chi connectivity index (χ0) is 22.7. The van der Waals surface area contributed by atoms with Crippen LogP contribution in [-0.2, 0) is 14.8 Å². The van der Waals surface area contributed by atoms with E-state index in [0.29, 0.717) is 26.2 Å². The fourth-order valence-corrected chi connectivity index (χ4v) is 5.35. The third-order valence-electron chi connectivity index (χ3n) is 5.87. The van der Waals surface area contributed by atoms with Gasteiger partial charge in [0.25, 0.3) is 0 Å². The summed E-state index contributed by atoms with van der Waals surface area (Å²) < 4.78 is 28.9. The Morgan fingerprint density at radius 2 is 1.59 bits per heavy atom. The van der Waals surface area contributed by atoms with Gasteiger partial charge in [0, 0.05) is 44.3 Å². The summed E-state index contributed by atoms with van der Waals surface area (Å²) in [6, 6.07) is 15.7. The molecule has 1 aliphatic rings. The number of amides is 1. The van der Waals surface area contributed by atoms with Crippen LogP contribution < -0.4 is 9.62 Å². The molecular weight excluding hydrogens is 424 g/mol. The Morgan fingerprint density at radius 3 is 2.25 bits per heavy atom. The largest absolute Gasteiger partial charge is 0.368 e. The molecule has 1 unspecified atom stereocenters. The lowest BCUT2D eigenvalue weighted by Gasteiger charge is -2.38. The molecule has 0 saturated carbocycles. The standard InChI is InChI=1S/C24H28N4O3S/c1-18(2)23(24(29)28-15-13-27(14-16-28)21-9-11-25-12-10-21)26-32(30,31)22-8-7-19-5-3-4-6-20(19)17-22/h3-12,17-18,23,26H,13-16H2,1-2H3. The number of nitrogens with zero attached hydrogens (tertiary/aromatic N) is 3. The molecule has 3 aromatic rings. The lowest BCUT2D eigenvalue weighted by molar-refractivity contribution is -0.134. The summed E-state index contributed by atoms with van der Waals surface area (Å²) in [4.78, 5) is 21.4. The maximum atomic E-state index is 13.3. The SMILES string of the molecule is CC(C)C(NS(=O)(=O)c1ccc2ccccc2c1)C(=O)N1CCN(c2ccncc2)CC1. The van der Waals surface area contributed by atoms with Crippen molar-refractivity contribution in [3.8, 4) is 0 Å². The normalized spacial score (nSPS) is 15.8. The van der Waals surface area contributed by atoms with E-state index in [1.54, 1.807) is 35.5 Å². The first kappa shape index (κ1) is 22.2. The second-order valence-corrected chi connectivity index (χ2v) is 10.1. The lowest BCUT2D eigenvalue weighted by Crippen LogP contribution is -2.56. The first-order chi connectivity index (χ1) is 15.3. The van der Waals surface area contributed by atoms with Gasteiger partial charge in [-0.3, -0.25) is 9.78 Å². The average molecular weight is 453 g/mol. The number of hydrogen-bond acceptors (Lipinski definition) is 5. The van der Waals surface area contributed by atoms with Gasteiger partial charge in [-0.1, -0.05) is 44.2 Å². The van der Waals surface area contributed by atoms with Gasteiger partial charge in [-0.05, 0) is 41.0 Å². The van der Waals surface area contributed by atoms with Crippen molar-refractivity contribution >= 4 is 32.4 Å². The minimum Gasteiger partial charge on any atom is -0.368 e. The molecule has 8 heteroatoms. The third kappa shape index (κ3) is 4.76. The molecule has 0 spiro atoms. The van der Waals surface area contributed by atoms with Gasteiger partial charge in [-0.2, -0.15) is 4.72 Å². The zero-order valence-electron chi connectivity index (χ0n) is 18.3. The summed E-state index contributed by atoms with van der Waals surface area (Å²) in [5.74, 6) is -0.366. The van der Waals surface area contributed by atoms with Crippen LogP contribution in [-0.4, -0.2) is 56.4 Å². The fourth-order valence-electron chi connectivity index (χ4n) is 3.98. The molecule has 1 aromatic heterocycles. The number of nitrogens with one attached hydrogen (secondary N) is 1. The maximum absolute atomic E-state index is 13.3. The topological polar surface area (TPSA) is 82.6 Å². The number of anilines is 1. The second-order valence-electron chi connectivity index (χ2n) is 8.37. The van der Waals surface area contributed by atoms with Crippen LogP contribution >= 0.6 is 0 Å². The molecule has 7 nitrogen and oxygen atoms in total. The van der Waals surface area contributed by atoms with Gasteiger partial charge in [0.15, 0.2) is 0 Å². The Balaban J connectivity index is 1.47. The highest BCUT2D eigenvalue weighted by atomic mass is 32.2. The molecule has 1 saturated heterocycles. The molecule has 1 amide bonds. The van der Waals surface area contributed by atoms with Gasteiger partial charge in [-0.25, -0.2) is 8.42 Å². The summed E-state index contributed by atoms with van der Waals surface area (Å²) in [6.45, 7) is 6.19. The van der Waals surface area contributed by atoms with Crippen LogP contribution in [0.5, 0.6) is 0 Å². The van der Waals surface area contributed by atoms with Crippen molar-refractivity contribution < 1.29 is 13.2 Å². The summed E-state index contributed by atoms with van der Waals surface area (Å²) >= 11 is 0. The highest BCUT2D eigenvalue weighted by molar-refractivity contribution is 7.89. The van der Waals surface area contributed by atoms with Gasteiger partial charge in [-0.15, -0.1) is 0 Å². The van der Waals surface area contributed by atoms with Crippen molar-refractivity contribution in [1.29, 1.82) is 0 Å². The van der Waals surface area contributed by atoms with E-state index in [4.69, 9.17) is 0 Å². The van der Waals surface area contributed by atoms with E-state index in [9.17, 15) is 13.2 Å². The molecule has 1 atom stereocenters. The highest BCUT2D eigenvalue weighted by Gasteiger charge is 2.33. The predicted octanol–water partition coefficient (Wildman–Crippen LogP) is 2.89. The molecule has 1 N–H and O–H groups in total. The smallest absolute Gasteiger partial charge is 0.241 e. The molecule has 0 aliphatic carbocycles. The van der Waals surface area contributed by atoms with Gasteiger partial charge in [0.2, 0.25) is 15.9 Å². The van der Waals surface area contributed by atoms with E-state index in [0.717, 1.165) is 16.5 Å². The summed E-state index contributed by atoms with van der Waals surface area (Å²) in [6.07, 6.45) is 3.51. The third-order valence-corrected chi connectivity index (χ3v) is 7.30. The molecular formula is C24H28N4O3S. The van der Waals surface area contributed by atoms with Crippen LogP contribution in [0.25, 0.3) is 10.8 Å². The van der Waals surface area contributed by atoms with Crippen LogP contribution in [0.3, 0.4) is 0 Å². The quantitative estimate of drug-likeness (QED) is 0.622. The van der Waals surface area contributed by atoms with Crippen LogP contribution in [0, 0.1) is 5.92 Å². The first-order valence-corrected chi connectivity index (χ1v) is 12.3. The van der Waals surface area contributed by atoms with Crippen molar-refractivity contribution in [2.24, 2.45) is 5.92 Å². The Hall–Kier alpha value is -2.97. The van der Waals surface area contributed by atoms with Gasteiger partial charge >= 0.3 is 0 Å². The minimum atomic E-state index is -3.85. The molecule has 168 valence electrons. The average Bonchev–Trinajstić information content (AvgIpc) is 2.82. The first-order valence-electron chi connectivity index (χ1n) is 10.8. The number of hydrogen-bond donors (Lipinski definition) is 1. The number of piperazine rings is 1. The Morgan fingerprint density at radius 1 is 0.938 bits per heavy atom. The van der Waals surface area contributed by atoms with Crippen molar-refractivity contribution in [2.75, 3.05) is 31.1 Å². The van der Waals surface area contributed by atoms with Crippen molar-refractivity contribution in [2.45, 2.75) is 24.8 Å². The summed E-state index contributed by atoms with van der Waals surface area (Å²) in [5, 5.41) is 1.81. The molecule has 2 heterocycles. The van der Waals surface area contributed by atoms with Crippen LogP contribution in [0.1, 0.15) is 13.8 Å². The molecule has 4 rings (SSSR count). The molecule has 1 fully saturated rings. The summed E-state index contributed by atoms with van der Waals surface area (Å²) in [5.41, 5.74) is 1.07. The van der Waals surface area contributed by atoms with Gasteiger partial charge in [0.1, 0.15) is 6.04 Å². The summed E-state index contributed by atoms with van der Waals surface area (Å²) in [7, 11) is -3.85. The van der Waals surface area contributed by atoms with Crippen molar-refractivity contribution in [3.63, 3.8) is 0 Å². The van der Waals surface area contributed by atoms with E-state index in [1.807, 2.05) is 50.2 Å². The van der Waals surface area contributed by atoms with Gasteiger partial charge < -0.3 is 9.80 Å². The number of sulfonamides is 1. The van der Waals surface area contributed by atoms with E-state index < -0.39 is 16.1 Å². The van der Waals surface area contributed by atoms with Crippen LogP contribution in [0.15, 0.2) is 71.9 Å². The van der Waals surface area contributed by atoms with E-state index in [1.165, 1.54) is 0 Å². The highest BCUT2D eigenvalue weighted by Crippen LogP contribution is 2.21. The molecule has 32 heavy (non-hydrogen) atoms. The number of rotatable bonds is 6. The maximum Gasteiger partial charge on any atom is 0.241 e. The van der Waals surface area contributed by atoms with Crippen molar-refractivity contribution in [3.05, 3.63) is 67.0 Å². The predicted molar refractivity (Wildman–Crippen MR) is 126 cm³/mol. The monoisotopic (exact) mass is 452 g/mol. The number of fused-ring (bicyclic) bond motifs is 1. The number of carbonyl (C=O) groups is 1. The Labute approximate surface area is 189 Å².